The van der Waals surface area contributed by atoms with Crippen molar-refractivity contribution in [1.82, 2.24) is 9.97 Å². The van der Waals surface area contributed by atoms with E-state index < -0.39 is 0 Å². The van der Waals surface area contributed by atoms with Crippen LogP contribution in [0.5, 0.6) is 0 Å². The molecule has 0 aliphatic carbocycles. The summed E-state index contributed by atoms with van der Waals surface area (Å²) in [6, 6.07) is 13.5. The largest absolute Gasteiger partial charge is 0.368 e. The summed E-state index contributed by atoms with van der Waals surface area (Å²) < 4.78 is 0. The van der Waals surface area contributed by atoms with Gasteiger partial charge in [0.2, 0.25) is 5.95 Å². The van der Waals surface area contributed by atoms with E-state index in [0.717, 1.165) is 43.4 Å². The topological polar surface area (TPSA) is 79.8 Å². The highest BCUT2D eigenvalue weighted by Gasteiger charge is 2.18. The first-order valence-corrected chi connectivity index (χ1v) is 7.69. The SMILES string of the molecule is N#CC(C#N)=Cc1ccc(N2CCN(c3ncccn3)CC2)cc1. The monoisotopic (exact) mass is 316 g/mol. The van der Waals surface area contributed by atoms with E-state index in [4.69, 9.17) is 10.5 Å². The summed E-state index contributed by atoms with van der Waals surface area (Å²) in [6.07, 6.45) is 5.11. The zero-order valence-electron chi connectivity index (χ0n) is 13.1. The molecular formula is C18H16N6. The minimum atomic E-state index is 0.110. The van der Waals surface area contributed by atoms with E-state index in [-0.39, 0.29) is 5.57 Å². The summed E-state index contributed by atoms with van der Waals surface area (Å²) in [5.74, 6) is 0.776. The molecule has 2 aromatic rings. The van der Waals surface area contributed by atoms with Crippen LogP contribution in [0.15, 0.2) is 48.3 Å². The van der Waals surface area contributed by atoms with Gasteiger partial charge in [-0.15, -0.1) is 0 Å². The molecular weight excluding hydrogens is 300 g/mol. The van der Waals surface area contributed by atoms with Gasteiger partial charge in [0.1, 0.15) is 17.7 Å². The molecule has 0 unspecified atom stereocenters. The zero-order chi connectivity index (χ0) is 16.8. The Bertz CT molecular complexity index is 774. The predicted molar refractivity (Wildman–Crippen MR) is 92.1 cm³/mol. The van der Waals surface area contributed by atoms with E-state index in [2.05, 4.69) is 19.8 Å². The molecule has 1 aromatic heterocycles. The number of nitriles is 2. The quantitative estimate of drug-likeness (QED) is 0.808. The predicted octanol–water partition coefficient (Wildman–Crippen LogP) is 2.23. The van der Waals surface area contributed by atoms with Crippen molar-refractivity contribution in [2.45, 2.75) is 0 Å². The highest BCUT2D eigenvalue weighted by Crippen LogP contribution is 2.19. The van der Waals surface area contributed by atoms with Crippen molar-refractivity contribution in [1.29, 1.82) is 10.5 Å². The summed E-state index contributed by atoms with van der Waals surface area (Å²) in [5, 5.41) is 17.6. The Hall–Kier alpha value is -3.38. The zero-order valence-corrected chi connectivity index (χ0v) is 13.1. The maximum absolute atomic E-state index is 8.80. The number of piperazine rings is 1. The molecule has 3 rings (SSSR count). The van der Waals surface area contributed by atoms with Gasteiger partial charge in [0.15, 0.2) is 0 Å². The Kier molecular flexibility index (Phi) is 4.69. The van der Waals surface area contributed by atoms with Gasteiger partial charge in [0, 0.05) is 44.3 Å². The molecule has 118 valence electrons. The lowest BCUT2D eigenvalue weighted by Gasteiger charge is -2.36. The number of nitrogens with zero attached hydrogens (tertiary/aromatic N) is 6. The third-order valence-electron chi connectivity index (χ3n) is 3.92. The van der Waals surface area contributed by atoms with Crippen LogP contribution in [0.2, 0.25) is 0 Å². The molecule has 0 N–H and O–H groups in total. The first-order valence-electron chi connectivity index (χ1n) is 7.69. The van der Waals surface area contributed by atoms with Crippen molar-refractivity contribution < 1.29 is 0 Å². The van der Waals surface area contributed by atoms with E-state index in [1.54, 1.807) is 18.5 Å². The van der Waals surface area contributed by atoms with Crippen molar-refractivity contribution in [2.24, 2.45) is 0 Å². The number of anilines is 2. The molecule has 1 fully saturated rings. The normalized spacial score (nSPS) is 13.8. The Morgan fingerprint density at radius 2 is 1.50 bits per heavy atom. The summed E-state index contributed by atoms with van der Waals surface area (Å²) >= 11 is 0. The average Bonchev–Trinajstić information content (AvgIpc) is 2.67. The second kappa shape index (κ2) is 7.26. The van der Waals surface area contributed by atoms with E-state index in [0.29, 0.717) is 0 Å². The van der Waals surface area contributed by atoms with Crippen LogP contribution in [0.3, 0.4) is 0 Å². The molecule has 0 bridgehead atoms. The van der Waals surface area contributed by atoms with Crippen molar-refractivity contribution in [2.75, 3.05) is 36.0 Å². The third kappa shape index (κ3) is 3.50. The smallest absolute Gasteiger partial charge is 0.225 e. The number of hydrogen-bond donors (Lipinski definition) is 0. The second-order valence-electron chi connectivity index (χ2n) is 5.40. The van der Waals surface area contributed by atoms with Crippen LogP contribution in [0.25, 0.3) is 6.08 Å². The lowest BCUT2D eigenvalue weighted by molar-refractivity contribution is 0.640. The number of benzene rings is 1. The van der Waals surface area contributed by atoms with E-state index in [1.165, 1.54) is 0 Å². The minimum Gasteiger partial charge on any atom is -0.368 e. The van der Waals surface area contributed by atoms with E-state index in [1.807, 2.05) is 42.5 Å². The lowest BCUT2D eigenvalue weighted by atomic mass is 10.1. The van der Waals surface area contributed by atoms with Crippen molar-refractivity contribution in [3.8, 4) is 12.1 Å². The molecule has 0 radical (unpaired) electrons. The van der Waals surface area contributed by atoms with Crippen LogP contribution < -0.4 is 9.80 Å². The standard InChI is InChI=1S/C18H16N6/c19-13-16(14-20)12-15-2-4-17(5-3-15)23-8-10-24(11-9-23)18-21-6-1-7-22-18/h1-7,12H,8-11H2. The van der Waals surface area contributed by atoms with Gasteiger partial charge in [-0.2, -0.15) is 10.5 Å². The Balaban J connectivity index is 1.64. The maximum atomic E-state index is 8.80. The van der Waals surface area contributed by atoms with Crippen LogP contribution in [0, 0.1) is 22.7 Å². The molecule has 1 aromatic carbocycles. The molecule has 6 nitrogen and oxygen atoms in total. The summed E-state index contributed by atoms with van der Waals surface area (Å²) in [7, 11) is 0. The number of rotatable bonds is 3. The first-order chi connectivity index (χ1) is 11.8. The Labute approximate surface area is 140 Å². The minimum absolute atomic E-state index is 0.110. The van der Waals surface area contributed by atoms with Gasteiger partial charge >= 0.3 is 0 Å². The fourth-order valence-corrected chi connectivity index (χ4v) is 2.66. The molecule has 0 saturated carbocycles. The summed E-state index contributed by atoms with van der Waals surface area (Å²) in [6.45, 7) is 3.54. The van der Waals surface area contributed by atoms with Gasteiger partial charge in [0.05, 0.1) is 0 Å². The molecule has 0 amide bonds. The third-order valence-corrected chi connectivity index (χ3v) is 3.92. The van der Waals surface area contributed by atoms with Gasteiger partial charge in [-0.05, 0) is 29.8 Å². The molecule has 6 heteroatoms. The Morgan fingerprint density at radius 1 is 0.917 bits per heavy atom. The number of hydrogen-bond acceptors (Lipinski definition) is 6. The Morgan fingerprint density at radius 3 is 2.08 bits per heavy atom. The fraction of sp³-hybridized carbons (Fsp3) is 0.222. The molecule has 24 heavy (non-hydrogen) atoms. The van der Waals surface area contributed by atoms with Crippen LogP contribution in [0.1, 0.15) is 5.56 Å². The van der Waals surface area contributed by atoms with Gasteiger partial charge in [-0.25, -0.2) is 9.97 Å². The highest BCUT2D eigenvalue weighted by molar-refractivity contribution is 5.64. The number of allylic oxidation sites excluding steroid dienone is 1. The number of aromatic nitrogens is 2. The molecule has 1 aliphatic rings. The van der Waals surface area contributed by atoms with Crippen molar-refractivity contribution >= 4 is 17.7 Å². The molecule has 1 aliphatic heterocycles. The maximum Gasteiger partial charge on any atom is 0.225 e. The van der Waals surface area contributed by atoms with Crippen molar-refractivity contribution in [3.05, 3.63) is 53.9 Å². The van der Waals surface area contributed by atoms with Crippen LogP contribution in [-0.2, 0) is 0 Å². The second-order valence-corrected chi connectivity index (χ2v) is 5.40. The first kappa shape index (κ1) is 15.5. The fourth-order valence-electron chi connectivity index (χ4n) is 2.66. The lowest BCUT2D eigenvalue weighted by Crippen LogP contribution is -2.47. The van der Waals surface area contributed by atoms with Gasteiger partial charge in [-0.1, -0.05) is 12.1 Å². The van der Waals surface area contributed by atoms with Gasteiger partial charge in [0.25, 0.3) is 0 Å². The van der Waals surface area contributed by atoms with Gasteiger partial charge < -0.3 is 9.80 Å². The van der Waals surface area contributed by atoms with E-state index in [9.17, 15) is 0 Å². The molecule has 1 saturated heterocycles. The van der Waals surface area contributed by atoms with Crippen LogP contribution in [-0.4, -0.2) is 36.1 Å². The molecule has 2 heterocycles. The summed E-state index contributed by atoms with van der Waals surface area (Å²) in [5.41, 5.74) is 2.10. The van der Waals surface area contributed by atoms with Crippen molar-refractivity contribution in [3.63, 3.8) is 0 Å². The van der Waals surface area contributed by atoms with Gasteiger partial charge in [-0.3, -0.25) is 0 Å². The molecule has 0 atom stereocenters. The molecule has 0 spiro atoms. The van der Waals surface area contributed by atoms with Crippen LogP contribution in [0.4, 0.5) is 11.6 Å². The average molecular weight is 316 g/mol. The van der Waals surface area contributed by atoms with Crippen LogP contribution >= 0.6 is 0 Å². The van der Waals surface area contributed by atoms with E-state index >= 15 is 0 Å². The summed E-state index contributed by atoms with van der Waals surface area (Å²) in [4.78, 5) is 13.1. The highest BCUT2D eigenvalue weighted by atomic mass is 15.3.